The molecule has 0 bridgehead atoms. The summed E-state index contributed by atoms with van der Waals surface area (Å²) in [6.07, 6.45) is 3.59. The highest BCUT2D eigenvalue weighted by molar-refractivity contribution is 6.31. The SMILES string of the molecule is COCCC1(CNCc2cc(F)ccc2Cl)CC1. The average molecular weight is 272 g/mol. The Morgan fingerprint density at radius 1 is 1.44 bits per heavy atom. The van der Waals surface area contributed by atoms with Gasteiger partial charge in [-0.3, -0.25) is 0 Å². The highest BCUT2D eigenvalue weighted by Gasteiger charge is 2.41. The third kappa shape index (κ3) is 3.67. The van der Waals surface area contributed by atoms with Crippen molar-refractivity contribution in [2.75, 3.05) is 20.3 Å². The predicted molar refractivity (Wildman–Crippen MR) is 71.3 cm³/mol. The van der Waals surface area contributed by atoms with Gasteiger partial charge >= 0.3 is 0 Å². The molecule has 0 aliphatic heterocycles. The molecule has 1 aromatic rings. The van der Waals surface area contributed by atoms with Crippen molar-refractivity contribution < 1.29 is 9.13 Å². The molecule has 0 radical (unpaired) electrons. The molecule has 1 saturated carbocycles. The lowest BCUT2D eigenvalue weighted by Crippen LogP contribution is -2.24. The minimum atomic E-state index is -0.239. The zero-order chi connectivity index (χ0) is 13.0. The molecule has 0 spiro atoms. The number of rotatable bonds is 7. The van der Waals surface area contributed by atoms with Gasteiger partial charge in [-0.15, -0.1) is 0 Å². The monoisotopic (exact) mass is 271 g/mol. The van der Waals surface area contributed by atoms with Crippen LogP contribution in [0.2, 0.25) is 5.02 Å². The van der Waals surface area contributed by atoms with Crippen LogP contribution in [-0.2, 0) is 11.3 Å². The van der Waals surface area contributed by atoms with E-state index in [1.54, 1.807) is 13.2 Å². The molecule has 18 heavy (non-hydrogen) atoms. The van der Waals surface area contributed by atoms with Gasteiger partial charge in [0.05, 0.1) is 0 Å². The summed E-state index contributed by atoms with van der Waals surface area (Å²) in [5.74, 6) is -0.239. The zero-order valence-electron chi connectivity index (χ0n) is 10.6. The van der Waals surface area contributed by atoms with Crippen LogP contribution in [0.4, 0.5) is 4.39 Å². The van der Waals surface area contributed by atoms with Crippen LogP contribution in [0.1, 0.15) is 24.8 Å². The summed E-state index contributed by atoms with van der Waals surface area (Å²) in [6, 6.07) is 4.47. The van der Waals surface area contributed by atoms with Gasteiger partial charge in [0.1, 0.15) is 5.82 Å². The van der Waals surface area contributed by atoms with Gasteiger partial charge in [-0.25, -0.2) is 4.39 Å². The Labute approximate surface area is 112 Å². The average Bonchev–Trinajstić information content (AvgIpc) is 3.12. The lowest BCUT2D eigenvalue weighted by atomic mass is 10.0. The van der Waals surface area contributed by atoms with Gasteiger partial charge in [0.2, 0.25) is 0 Å². The maximum atomic E-state index is 13.1. The van der Waals surface area contributed by atoms with E-state index in [1.165, 1.54) is 25.0 Å². The van der Waals surface area contributed by atoms with E-state index in [0.717, 1.165) is 25.1 Å². The minimum absolute atomic E-state index is 0.239. The van der Waals surface area contributed by atoms with Crippen LogP contribution in [0.15, 0.2) is 18.2 Å². The summed E-state index contributed by atoms with van der Waals surface area (Å²) in [4.78, 5) is 0. The number of ether oxygens (including phenoxy) is 1. The van der Waals surface area contributed by atoms with Gasteiger partial charge < -0.3 is 10.1 Å². The number of benzene rings is 1. The van der Waals surface area contributed by atoms with Gasteiger partial charge in [-0.2, -0.15) is 0 Å². The summed E-state index contributed by atoms with van der Waals surface area (Å²) in [6.45, 7) is 2.37. The second-order valence-corrected chi connectivity index (χ2v) is 5.49. The standard InChI is InChI=1S/C14H19ClFNO/c1-18-7-6-14(4-5-14)10-17-9-11-8-12(16)2-3-13(11)15/h2-3,8,17H,4-7,9-10H2,1H3. The Morgan fingerprint density at radius 3 is 2.89 bits per heavy atom. The van der Waals surface area contributed by atoms with Crippen molar-refractivity contribution in [1.29, 1.82) is 0 Å². The second-order valence-electron chi connectivity index (χ2n) is 5.08. The van der Waals surface area contributed by atoms with Crippen LogP contribution >= 0.6 is 11.6 Å². The fraction of sp³-hybridized carbons (Fsp3) is 0.571. The van der Waals surface area contributed by atoms with Crippen LogP contribution in [-0.4, -0.2) is 20.3 Å². The van der Waals surface area contributed by atoms with Crippen LogP contribution in [0.3, 0.4) is 0 Å². The molecule has 1 fully saturated rings. The van der Waals surface area contributed by atoms with Crippen molar-refractivity contribution in [1.82, 2.24) is 5.32 Å². The third-order valence-electron chi connectivity index (χ3n) is 3.62. The van der Waals surface area contributed by atoms with E-state index < -0.39 is 0 Å². The molecular weight excluding hydrogens is 253 g/mol. The molecule has 0 unspecified atom stereocenters. The normalized spacial score (nSPS) is 16.8. The van der Waals surface area contributed by atoms with E-state index in [1.807, 2.05) is 0 Å². The van der Waals surface area contributed by atoms with E-state index in [4.69, 9.17) is 16.3 Å². The highest BCUT2D eigenvalue weighted by Crippen LogP contribution is 2.48. The van der Waals surface area contributed by atoms with Gasteiger partial charge in [0.15, 0.2) is 0 Å². The largest absolute Gasteiger partial charge is 0.385 e. The van der Waals surface area contributed by atoms with Gasteiger partial charge in [0.25, 0.3) is 0 Å². The molecule has 0 amide bonds. The molecule has 0 aromatic heterocycles. The second kappa shape index (κ2) is 6.00. The van der Waals surface area contributed by atoms with Gasteiger partial charge in [0, 0.05) is 31.8 Å². The summed E-state index contributed by atoms with van der Waals surface area (Å²) in [5, 5.41) is 3.99. The molecule has 4 heteroatoms. The van der Waals surface area contributed by atoms with Gasteiger partial charge in [-0.1, -0.05) is 11.6 Å². The molecule has 100 valence electrons. The highest BCUT2D eigenvalue weighted by atomic mass is 35.5. The fourth-order valence-corrected chi connectivity index (χ4v) is 2.34. The molecule has 0 atom stereocenters. The van der Waals surface area contributed by atoms with Gasteiger partial charge in [-0.05, 0) is 48.4 Å². The van der Waals surface area contributed by atoms with E-state index in [-0.39, 0.29) is 5.82 Å². The van der Waals surface area contributed by atoms with Crippen molar-refractivity contribution >= 4 is 11.6 Å². The molecule has 1 aromatic carbocycles. The molecule has 1 N–H and O–H groups in total. The number of halogens is 2. The summed E-state index contributed by atoms with van der Waals surface area (Å²) in [7, 11) is 1.73. The van der Waals surface area contributed by atoms with Crippen LogP contribution < -0.4 is 5.32 Å². The van der Waals surface area contributed by atoms with Crippen LogP contribution in [0, 0.1) is 11.2 Å². The molecule has 0 saturated heterocycles. The molecule has 1 aliphatic carbocycles. The molecule has 0 heterocycles. The predicted octanol–water partition coefficient (Wildman–Crippen LogP) is 3.39. The fourth-order valence-electron chi connectivity index (χ4n) is 2.15. The van der Waals surface area contributed by atoms with E-state index in [9.17, 15) is 4.39 Å². The first-order chi connectivity index (χ1) is 8.65. The molecule has 2 rings (SSSR count). The number of hydrogen-bond acceptors (Lipinski definition) is 2. The Balaban J connectivity index is 1.80. The van der Waals surface area contributed by atoms with Crippen molar-refractivity contribution in [2.24, 2.45) is 5.41 Å². The van der Waals surface area contributed by atoms with E-state index in [2.05, 4.69) is 5.32 Å². The van der Waals surface area contributed by atoms with E-state index >= 15 is 0 Å². The van der Waals surface area contributed by atoms with Crippen molar-refractivity contribution in [3.63, 3.8) is 0 Å². The first-order valence-electron chi connectivity index (χ1n) is 6.29. The number of hydrogen-bond donors (Lipinski definition) is 1. The van der Waals surface area contributed by atoms with E-state index in [0.29, 0.717) is 17.0 Å². The maximum absolute atomic E-state index is 13.1. The molecule has 2 nitrogen and oxygen atoms in total. The van der Waals surface area contributed by atoms with Crippen molar-refractivity contribution in [3.8, 4) is 0 Å². The Bertz CT molecular complexity index is 407. The molecule has 1 aliphatic rings. The molecular formula is C14H19ClFNO. The summed E-state index contributed by atoms with van der Waals surface area (Å²) >= 11 is 6.02. The van der Waals surface area contributed by atoms with Crippen LogP contribution in [0.25, 0.3) is 0 Å². The smallest absolute Gasteiger partial charge is 0.123 e. The lowest BCUT2D eigenvalue weighted by molar-refractivity contribution is 0.171. The third-order valence-corrected chi connectivity index (χ3v) is 3.99. The first kappa shape index (κ1) is 13.8. The Morgan fingerprint density at radius 2 is 2.22 bits per heavy atom. The minimum Gasteiger partial charge on any atom is -0.385 e. The zero-order valence-corrected chi connectivity index (χ0v) is 11.4. The Kier molecular flexibility index (Phi) is 4.60. The maximum Gasteiger partial charge on any atom is 0.123 e. The quantitative estimate of drug-likeness (QED) is 0.821. The number of nitrogens with one attached hydrogen (secondary N) is 1. The van der Waals surface area contributed by atoms with Crippen LogP contribution in [0.5, 0.6) is 0 Å². The van der Waals surface area contributed by atoms with Crippen molar-refractivity contribution in [2.45, 2.75) is 25.8 Å². The summed E-state index contributed by atoms with van der Waals surface area (Å²) in [5.41, 5.74) is 1.22. The summed E-state index contributed by atoms with van der Waals surface area (Å²) < 4.78 is 18.2. The number of methoxy groups -OCH3 is 1. The van der Waals surface area contributed by atoms with Crippen molar-refractivity contribution in [3.05, 3.63) is 34.6 Å². The lowest BCUT2D eigenvalue weighted by Gasteiger charge is -2.15. The first-order valence-corrected chi connectivity index (χ1v) is 6.67. The topological polar surface area (TPSA) is 21.3 Å². The Hall–Kier alpha value is -0.640.